The second kappa shape index (κ2) is 12.4. The first kappa shape index (κ1) is 29.3. The molecule has 0 saturated heterocycles. The number of nitrogens with zero attached hydrogens (tertiary/aromatic N) is 3. The van der Waals surface area contributed by atoms with E-state index >= 15 is 0 Å². The highest BCUT2D eigenvalue weighted by molar-refractivity contribution is 9.10. The Morgan fingerprint density at radius 3 is 2.53 bits per heavy atom. The van der Waals surface area contributed by atoms with E-state index < -0.39 is 0 Å². The molecule has 7 nitrogen and oxygen atoms in total. The van der Waals surface area contributed by atoms with Gasteiger partial charge in [0.2, 0.25) is 5.82 Å². The summed E-state index contributed by atoms with van der Waals surface area (Å²) < 4.78 is 19.7. The maximum absolute atomic E-state index is 13.7. The third-order valence-electron chi connectivity index (χ3n) is 6.52. The fourth-order valence-corrected chi connectivity index (χ4v) is 5.43. The molecule has 2 heterocycles. The van der Waals surface area contributed by atoms with Crippen molar-refractivity contribution >= 4 is 78.8 Å². The molecule has 0 aliphatic carbocycles. The second-order valence-corrected chi connectivity index (χ2v) is 11.4. The van der Waals surface area contributed by atoms with Crippen molar-refractivity contribution in [3.05, 3.63) is 120 Å². The Bertz CT molecular complexity index is 2070. The molecule has 0 atom stereocenters. The van der Waals surface area contributed by atoms with Crippen LogP contribution >= 0.6 is 50.7 Å². The standard InChI is InChI=1S/C32H21BrCl3N3O4/c1-2-41-26-15-20(28(33)29(36)30(26)42-17-18-7-9-21(34)10-8-18)16-37-39-31(38-24-6-4-3-5-23(24)32(39)40)27-14-19-13-22(35)11-12-25(19)43-27/h3-16H,2,17H2,1H3. The van der Waals surface area contributed by atoms with Gasteiger partial charge in [-0.2, -0.15) is 9.78 Å². The van der Waals surface area contributed by atoms with E-state index in [9.17, 15) is 4.79 Å². The molecule has 0 amide bonds. The maximum atomic E-state index is 13.7. The van der Waals surface area contributed by atoms with Crippen LogP contribution < -0.4 is 15.0 Å². The smallest absolute Gasteiger partial charge is 0.282 e. The Kier molecular flexibility index (Phi) is 8.45. The van der Waals surface area contributed by atoms with Gasteiger partial charge in [-0.3, -0.25) is 4.79 Å². The monoisotopic (exact) mass is 695 g/mol. The first-order chi connectivity index (χ1) is 20.8. The van der Waals surface area contributed by atoms with Crippen LogP contribution in [0.25, 0.3) is 33.5 Å². The van der Waals surface area contributed by atoms with Crippen molar-refractivity contribution in [3.63, 3.8) is 0 Å². The predicted molar refractivity (Wildman–Crippen MR) is 175 cm³/mol. The van der Waals surface area contributed by atoms with Crippen LogP contribution in [-0.4, -0.2) is 22.5 Å². The van der Waals surface area contributed by atoms with E-state index in [0.717, 1.165) is 10.9 Å². The van der Waals surface area contributed by atoms with Gasteiger partial charge < -0.3 is 13.9 Å². The fraction of sp³-hybridized carbons (Fsp3) is 0.0938. The molecule has 0 saturated carbocycles. The summed E-state index contributed by atoms with van der Waals surface area (Å²) in [5.41, 5.74) is 2.20. The van der Waals surface area contributed by atoms with Crippen molar-refractivity contribution < 1.29 is 13.9 Å². The molecule has 0 unspecified atom stereocenters. The number of benzene rings is 4. The highest BCUT2D eigenvalue weighted by Gasteiger charge is 2.20. The van der Waals surface area contributed by atoms with Crippen LogP contribution in [0.15, 0.2) is 97.6 Å². The van der Waals surface area contributed by atoms with Gasteiger partial charge in [-0.15, -0.1) is 0 Å². The van der Waals surface area contributed by atoms with E-state index in [1.54, 1.807) is 60.7 Å². The fourth-order valence-electron chi connectivity index (χ4n) is 4.47. The van der Waals surface area contributed by atoms with E-state index in [4.69, 9.17) is 53.7 Å². The molecule has 0 radical (unpaired) electrons. The molecule has 4 aromatic carbocycles. The summed E-state index contributed by atoms with van der Waals surface area (Å²) in [5, 5.41) is 7.22. The van der Waals surface area contributed by atoms with Crippen LogP contribution in [0.5, 0.6) is 11.5 Å². The van der Waals surface area contributed by atoms with Gasteiger partial charge in [-0.25, -0.2) is 4.98 Å². The van der Waals surface area contributed by atoms with Crippen molar-refractivity contribution in [3.8, 4) is 23.1 Å². The minimum absolute atomic E-state index is 0.224. The topological polar surface area (TPSA) is 78.9 Å². The Morgan fingerprint density at radius 2 is 1.74 bits per heavy atom. The largest absolute Gasteiger partial charge is 0.490 e. The number of para-hydroxylation sites is 1. The van der Waals surface area contributed by atoms with E-state index in [0.29, 0.717) is 65.5 Å². The van der Waals surface area contributed by atoms with Crippen LogP contribution in [0, 0.1) is 0 Å². The zero-order valence-electron chi connectivity index (χ0n) is 22.5. The number of ether oxygens (including phenoxy) is 2. The molecule has 43 heavy (non-hydrogen) atoms. The lowest BCUT2D eigenvalue weighted by atomic mass is 10.2. The molecule has 216 valence electrons. The molecule has 0 aliphatic heterocycles. The summed E-state index contributed by atoms with van der Waals surface area (Å²) >= 11 is 22.5. The van der Waals surface area contributed by atoms with Crippen LogP contribution in [0.1, 0.15) is 18.1 Å². The number of hydrogen-bond donors (Lipinski definition) is 0. The van der Waals surface area contributed by atoms with Gasteiger partial charge in [0.1, 0.15) is 17.2 Å². The maximum Gasteiger partial charge on any atom is 0.282 e. The Balaban J connectivity index is 1.43. The van der Waals surface area contributed by atoms with Gasteiger partial charge in [0, 0.05) is 25.5 Å². The van der Waals surface area contributed by atoms with Crippen molar-refractivity contribution in [2.45, 2.75) is 13.5 Å². The first-order valence-corrected chi connectivity index (χ1v) is 15.0. The van der Waals surface area contributed by atoms with Gasteiger partial charge in [-0.1, -0.05) is 59.1 Å². The summed E-state index contributed by atoms with van der Waals surface area (Å²) in [6.45, 7) is 2.49. The zero-order valence-corrected chi connectivity index (χ0v) is 26.3. The number of hydrogen-bond acceptors (Lipinski definition) is 6. The molecule has 11 heteroatoms. The molecular formula is C32H21BrCl3N3O4. The molecule has 6 rings (SSSR count). The van der Waals surface area contributed by atoms with E-state index in [2.05, 4.69) is 21.0 Å². The molecule has 0 fully saturated rings. The number of furan rings is 1. The minimum Gasteiger partial charge on any atom is -0.490 e. The van der Waals surface area contributed by atoms with Crippen molar-refractivity contribution in [1.29, 1.82) is 0 Å². The Hall–Kier alpha value is -3.82. The molecule has 0 bridgehead atoms. The second-order valence-electron chi connectivity index (χ2n) is 9.38. The van der Waals surface area contributed by atoms with Crippen LogP contribution in [-0.2, 0) is 6.61 Å². The normalized spacial score (nSPS) is 11.6. The van der Waals surface area contributed by atoms with Crippen LogP contribution in [0.2, 0.25) is 15.1 Å². The highest BCUT2D eigenvalue weighted by atomic mass is 79.9. The predicted octanol–water partition coefficient (Wildman–Crippen LogP) is 9.39. The highest BCUT2D eigenvalue weighted by Crippen LogP contribution is 2.43. The Morgan fingerprint density at radius 1 is 0.977 bits per heavy atom. The number of rotatable bonds is 8. The molecule has 0 N–H and O–H groups in total. The third kappa shape index (κ3) is 6.01. The number of fused-ring (bicyclic) bond motifs is 2. The van der Waals surface area contributed by atoms with Crippen LogP contribution in [0.4, 0.5) is 0 Å². The minimum atomic E-state index is -0.370. The Labute approximate surface area is 269 Å². The lowest BCUT2D eigenvalue weighted by Crippen LogP contribution is -2.20. The molecular weight excluding hydrogens is 677 g/mol. The SMILES string of the molecule is CCOc1cc(C=Nn2c(-c3cc4cc(Cl)ccc4o3)nc3ccccc3c2=O)c(Br)c(Cl)c1OCc1ccc(Cl)cc1. The van der Waals surface area contributed by atoms with Crippen molar-refractivity contribution in [2.24, 2.45) is 5.10 Å². The summed E-state index contributed by atoms with van der Waals surface area (Å²) in [6.07, 6.45) is 1.50. The average Bonchev–Trinajstić information content (AvgIpc) is 3.43. The van der Waals surface area contributed by atoms with Gasteiger partial charge in [0.05, 0.1) is 23.7 Å². The summed E-state index contributed by atoms with van der Waals surface area (Å²) in [5.74, 6) is 1.37. The molecule has 6 aromatic rings. The average molecular weight is 698 g/mol. The van der Waals surface area contributed by atoms with E-state index in [1.165, 1.54) is 10.9 Å². The quantitative estimate of drug-likeness (QED) is 0.148. The first-order valence-electron chi connectivity index (χ1n) is 13.1. The summed E-state index contributed by atoms with van der Waals surface area (Å²) in [4.78, 5) is 18.4. The van der Waals surface area contributed by atoms with E-state index in [-0.39, 0.29) is 18.0 Å². The van der Waals surface area contributed by atoms with Gasteiger partial charge >= 0.3 is 0 Å². The molecule has 0 aliphatic rings. The van der Waals surface area contributed by atoms with Crippen molar-refractivity contribution in [1.82, 2.24) is 9.66 Å². The van der Waals surface area contributed by atoms with Gasteiger partial charge in [-0.05, 0) is 83.0 Å². The lowest BCUT2D eigenvalue weighted by molar-refractivity contribution is 0.269. The number of halogens is 4. The summed E-state index contributed by atoms with van der Waals surface area (Å²) in [7, 11) is 0. The zero-order chi connectivity index (χ0) is 30.1. The van der Waals surface area contributed by atoms with Gasteiger partial charge in [0.25, 0.3) is 5.56 Å². The molecule has 2 aromatic heterocycles. The van der Waals surface area contributed by atoms with Gasteiger partial charge in [0.15, 0.2) is 17.3 Å². The van der Waals surface area contributed by atoms with Crippen LogP contribution in [0.3, 0.4) is 0 Å². The lowest BCUT2D eigenvalue weighted by Gasteiger charge is -2.16. The van der Waals surface area contributed by atoms with Crippen molar-refractivity contribution in [2.75, 3.05) is 6.61 Å². The van der Waals surface area contributed by atoms with E-state index in [1.807, 2.05) is 25.1 Å². The molecule has 0 spiro atoms. The summed E-state index contributed by atoms with van der Waals surface area (Å²) in [6, 6.07) is 23.2. The number of aromatic nitrogens is 2. The third-order valence-corrected chi connectivity index (χ3v) is 8.45.